The molecule has 0 bridgehead atoms. The van der Waals surface area contributed by atoms with Crippen molar-refractivity contribution in [3.63, 3.8) is 0 Å². The van der Waals surface area contributed by atoms with Crippen LogP contribution in [0, 0.1) is 0 Å². The first-order chi connectivity index (χ1) is 38.0. The Labute approximate surface area is 481 Å². The number of nitrogens with zero attached hydrogens (tertiary/aromatic N) is 1. The second-order valence-corrected chi connectivity index (χ2v) is 23.8. The Hall–Kier alpha value is -3.07. The predicted octanol–water partition coefficient (Wildman–Crippen LogP) is 19.7. The van der Waals surface area contributed by atoms with E-state index >= 15 is 0 Å². The second kappa shape index (κ2) is 58.6. The minimum Gasteiger partial charge on any atom is -0.756 e. The van der Waals surface area contributed by atoms with Gasteiger partial charge in [0.2, 0.25) is 0 Å². The van der Waals surface area contributed by atoms with Crippen LogP contribution in [0.1, 0.15) is 271 Å². The molecule has 0 aliphatic carbocycles. The summed E-state index contributed by atoms with van der Waals surface area (Å²) in [6, 6.07) is 0. The fourth-order valence-electron chi connectivity index (χ4n) is 8.69. The third kappa shape index (κ3) is 62.1. The first kappa shape index (κ1) is 74.9. The summed E-state index contributed by atoms with van der Waals surface area (Å²) < 4.78 is 34.2. The van der Waals surface area contributed by atoms with Crippen LogP contribution in [-0.4, -0.2) is 70.0 Å². The van der Waals surface area contributed by atoms with Crippen molar-refractivity contribution in [1.29, 1.82) is 0 Å². The lowest BCUT2D eigenvalue weighted by atomic mass is 10.0. The van der Waals surface area contributed by atoms with Gasteiger partial charge in [-0.2, -0.15) is 0 Å². The highest BCUT2D eigenvalue weighted by Crippen LogP contribution is 2.38. The maximum Gasteiger partial charge on any atom is 0.306 e. The molecule has 0 saturated heterocycles. The number of phosphoric ester groups is 1. The highest BCUT2D eigenvalue weighted by Gasteiger charge is 2.22. The molecule has 0 N–H and O–H groups in total. The maximum atomic E-state index is 12.8. The van der Waals surface area contributed by atoms with Crippen molar-refractivity contribution in [2.24, 2.45) is 0 Å². The van der Waals surface area contributed by atoms with Crippen LogP contribution < -0.4 is 4.89 Å². The fourth-order valence-corrected chi connectivity index (χ4v) is 9.42. The lowest BCUT2D eigenvalue weighted by molar-refractivity contribution is -0.870. The van der Waals surface area contributed by atoms with Gasteiger partial charge in [-0.15, -0.1) is 0 Å². The van der Waals surface area contributed by atoms with E-state index in [1.165, 1.54) is 141 Å². The minimum absolute atomic E-state index is 0.0342. The molecular weight excluding hydrogens is 990 g/mol. The van der Waals surface area contributed by atoms with E-state index in [0.717, 1.165) is 96.3 Å². The molecule has 10 heteroatoms. The summed E-state index contributed by atoms with van der Waals surface area (Å²) in [5, 5.41) is 0. The molecule has 0 fully saturated rings. The van der Waals surface area contributed by atoms with E-state index in [2.05, 4.69) is 111 Å². The number of phosphoric acid groups is 1. The highest BCUT2D eigenvalue weighted by atomic mass is 31.2. The van der Waals surface area contributed by atoms with Crippen molar-refractivity contribution in [1.82, 2.24) is 0 Å². The summed E-state index contributed by atoms with van der Waals surface area (Å²) >= 11 is 0. The van der Waals surface area contributed by atoms with Crippen molar-refractivity contribution in [2.75, 3.05) is 47.5 Å². The molecule has 9 nitrogen and oxygen atoms in total. The van der Waals surface area contributed by atoms with Crippen molar-refractivity contribution < 1.29 is 42.1 Å². The van der Waals surface area contributed by atoms with Crippen LogP contribution >= 0.6 is 7.82 Å². The van der Waals surface area contributed by atoms with Crippen LogP contribution in [-0.2, 0) is 32.7 Å². The van der Waals surface area contributed by atoms with Crippen molar-refractivity contribution in [3.8, 4) is 0 Å². The smallest absolute Gasteiger partial charge is 0.306 e. The summed E-state index contributed by atoms with van der Waals surface area (Å²) in [6.45, 7) is 4.11. The van der Waals surface area contributed by atoms with Gasteiger partial charge in [-0.25, -0.2) is 0 Å². The van der Waals surface area contributed by atoms with Crippen LogP contribution in [0.5, 0.6) is 0 Å². The maximum absolute atomic E-state index is 12.8. The van der Waals surface area contributed by atoms with Crippen molar-refractivity contribution in [3.05, 3.63) is 97.2 Å². The molecule has 450 valence electrons. The molecule has 0 spiro atoms. The molecule has 0 rings (SSSR count). The Morgan fingerprint density at radius 3 is 1.09 bits per heavy atom. The Morgan fingerprint density at radius 1 is 0.410 bits per heavy atom. The Morgan fingerprint density at radius 2 is 0.731 bits per heavy atom. The van der Waals surface area contributed by atoms with E-state index in [1.807, 2.05) is 21.1 Å². The van der Waals surface area contributed by atoms with E-state index in [0.29, 0.717) is 17.4 Å². The number of carbonyl (C=O) groups is 2. The van der Waals surface area contributed by atoms with Crippen LogP contribution in [0.4, 0.5) is 0 Å². The lowest BCUT2D eigenvalue weighted by Gasteiger charge is -2.28. The topological polar surface area (TPSA) is 111 Å². The number of carbonyl (C=O) groups excluding carboxylic acids is 2. The number of rotatable bonds is 58. The summed E-state index contributed by atoms with van der Waals surface area (Å²) in [4.78, 5) is 37.9. The largest absolute Gasteiger partial charge is 0.756 e. The van der Waals surface area contributed by atoms with Gasteiger partial charge in [-0.1, -0.05) is 259 Å². The number of esters is 2. The van der Waals surface area contributed by atoms with Gasteiger partial charge in [0.1, 0.15) is 19.8 Å². The number of ether oxygens (including phenoxy) is 2. The number of quaternary nitrogens is 1. The number of allylic oxidation sites excluding steroid dienone is 16. The van der Waals surface area contributed by atoms with Gasteiger partial charge in [-0.05, 0) is 96.3 Å². The van der Waals surface area contributed by atoms with Crippen LogP contribution in [0.3, 0.4) is 0 Å². The van der Waals surface area contributed by atoms with E-state index in [9.17, 15) is 19.0 Å². The zero-order valence-corrected chi connectivity index (χ0v) is 52.0. The Bertz CT molecular complexity index is 1640. The van der Waals surface area contributed by atoms with Gasteiger partial charge in [0.25, 0.3) is 7.82 Å². The number of unbranched alkanes of at least 4 members (excludes halogenated alkanes) is 28. The molecule has 2 unspecified atom stereocenters. The third-order valence-electron chi connectivity index (χ3n) is 13.6. The summed E-state index contributed by atoms with van der Waals surface area (Å²) in [7, 11) is 1.16. The molecule has 0 aromatic heterocycles. The second-order valence-electron chi connectivity index (χ2n) is 22.4. The minimum atomic E-state index is -4.64. The number of hydrogen-bond donors (Lipinski definition) is 0. The Balaban J connectivity index is 4.02. The normalized spacial score (nSPS) is 13.9. The average molecular weight is 1110 g/mol. The summed E-state index contributed by atoms with van der Waals surface area (Å²) in [5.74, 6) is -0.838. The average Bonchev–Trinajstić information content (AvgIpc) is 3.41. The third-order valence-corrected chi connectivity index (χ3v) is 14.6. The van der Waals surface area contributed by atoms with Crippen molar-refractivity contribution >= 4 is 19.8 Å². The van der Waals surface area contributed by atoms with Gasteiger partial charge in [0, 0.05) is 12.8 Å². The van der Waals surface area contributed by atoms with E-state index in [1.54, 1.807) is 0 Å². The van der Waals surface area contributed by atoms with Gasteiger partial charge in [0.05, 0.1) is 27.7 Å². The van der Waals surface area contributed by atoms with Crippen molar-refractivity contribution in [2.45, 2.75) is 277 Å². The molecule has 2 atom stereocenters. The predicted molar refractivity (Wildman–Crippen MR) is 332 cm³/mol. The Kier molecular flexibility index (Phi) is 56.3. The van der Waals surface area contributed by atoms with Crippen LogP contribution in [0.2, 0.25) is 0 Å². The van der Waals surface area contributed by atoms with E-state index < -0.39 is 26.5 Å². The molecule has 0 amide bonds. The molecular formula is C68H120NO8P. The number of likely N-dealkylation sites (N-methyl/N-ethyl adjacent to an activating group) is 1. The molecule has 0 heterocycles. The molecule has 0 saturated carbocycles. The molecule has 78 heavy (non-hydrogen) atoms. The van der Waals surface area contributed by atoms with Gasteiger partial charge < -0.3 is 27.9 Å². The summed E-state index contributed by atoms with van der Waals surface area (Å²) in [6.07, 6.45) is 80.4. The summed E-state index contributed by atoms with van der Waals surface area (Å²) in [5.41, 5.74) is 0. The van der Waals surface area contributed by atoms with Gasteiger partial charge in [0.15, 0.2) is 6.10 Å². The first-order valence-corrected chi connectivity index (χ1v) is 33.4. The van der Waals surface area contributed by atoms with E-state index in [-0.39, 0.29) is 32.0 Å². The lowest BCUT2D eigenvalue weighted by Crippen LogP contribution is -2.37. The first-order valence-electron chi connectivity index (χ1n) is 31.9. The quantitative estimate of drug-likeness (QED) is 0.0195. The highest BCUT2D eigenvalue weighted by molar-refractivity contribution is 7.45. The standard InChI is InChI=1S/C68H120NO8P/c1-6-8-10-12-14-16-18-20-22-24-25-26-27-28-29-30-31-32-33-34-35-36-37-38-39-40-41-42-43-45-47-49-51-53-55-57-59-61-68(71)77-66(65-76-78(72,73)75-63-62-69(3,4)5)64-74-67(70)60-58-56-54-52-50-48-46-44-23-21-19-17-15-13-11-9-7-2/h8,10,14-17,20-23,25-26,28-29,31-32,66H,6-7,9,11-13,18-19,24,27,30,33-65H2,1-5H3/b10-8-,16-14-,17-15-,22-20-,23-21-,26-25-,29-28-,32-31-. The van der Waals surface area contributed by atoms with Gasteiger partial charge in [-0.3, -0.25) is 14.2 Å². The zero-order chi connectivity index (χ0) is 57.0. The molecule has 0 aromatic carbocycles. The molecule has 0 aliphatic heterocycles. The monoisotopic (exact) mass is 1110 g/mol. The fraction of sp³-hybridized carbons (Fsp3) is 0.735. The molecule has 0 aliphatic rings. The van der Waals surface area contributed by atoms with Crippen LogP contribution in [0.15, 0.2) is 97.2 Å². The SMILES string of the molecule is CC/C=C\C/C=C\C/C=C\C/C=C\C/C=C\C/C=C\CCCCCCCCCCCCCCCCCCCCC(=O)OC(COC(=O)CCCCCCCCC/C=C\C/C=C\CCCCC)COP(=O)([O-])OCC[N+](C)(C)C. The number of hydrogen-bond acceptors (Lipinski definition) is 8. The van der Waals surface area contributed by atoms with E-state index in [4.69, 9.17) is 18.5 Å². The zero-order valence-electron chi connectivity index (χ0n) is 51.1. The van der Waals surface area contributed by atoms with Crippen LogP contribution in [0.25, 0.3) is 0 Å². The molecule has 0 aromatic rings. The van der Waals surface area contributed by atoms with Gasteiger partial charge >= 0.3 is 11.9 Å². The molecule has 0 radical (unpaired) electrons.